The highest BCUT2D eigenvalue weighted by atomic mass is 79.9. The molecule has 82 valence electrons. The van der Waals surface area contributed by atoms with Crippen LogP contribution in [0.2, 0.25) is 0 Å². The average Bonchev–Trinajstić information content (AvgIpc) is 2.27. The van der Waals surface area contributed by atoms with Crippen LogP contribution in [0.5, 0.6) is 0 Å². The molecular formula is C9H10BrNO4. The van der Waals surface area contributed by atoms with Gasteiger partial charge in [-0.2, -0.15) is 0 Å². The lowest BCUT2D eigenvalue weighted by atomic mass is 10.0. The van der Waals surface area contributed by atoms with Crippen LogP contribution in [0, 0.1) is 10.1 Å². The van der Waals surface area contributed by atoms with E-state index >= 15 is 0 Å². The fourth-order valence-corrected chi connectivity index (χ4v) is 1.55. The summed E-state index contributed by atoms with van der Waals surface area (Å²) in [5, 5.41) is 29.8. The second-order valence-electron chi connectivity index (χ2n) is 2.98. The van der Waals surface area contributed by atoms with Gasteiger partial charge in [0.25, 0.3) is 5.69 Å². The summed E-state index contributed by atoms with van der Waals surface area (Å²) in [7, 11) is 0. The summed E-state index contributed by atoms with van der Waals surface area (Å²) in [4.78, 5) is 10.1. The van der Waals surface area contributed by atoms with Gasteiger partial charge in [-0.3, -0.25) is 10.1 Å². The Labute approximate surface area is 94.6 Å². The predicted octanol–water partition coefficient (Wildman–Crippen LogP) is 1.38. The standard InChI is InChI=1S/C9H10BrNO4/c10-5-8(12)9(13)6-3-1-2-4-7(6)11(14)15/h1-4,8-9,12-13H,5H2. The van der Waals surface area contributed by atoms with Crippen LogP contribution in [0.3, 0.4) is 0 Å². The third-order valence-corrected chi connectivity index (χ3v) is 2.64. The molecule has 0 heterocycles. The second-order valence-corrected chi connectivity index (χ2v) is 3.63. The molecule has 0 amide bonds. The molecule has 1 aromatic rings. The smallest absolute Gasteiger partial charge is 0.275 e. The quantitative estimate of drug-likeness (QED) is 0.494. The lowest BCUT2D eigenvalue weighted by Gasteiger charge is -2.15. The normalized spacial score (nSPS) is 14.6. The third-order valence-electron chi connectivity index (χ3n) is 1.97. The highest BCUT2D eigenvalue weighted by Crippen LogP contribution is 2.27. The highest BCUT2D eigenvalue weighted by Gasteiger charge is 2.24. The Hall–Kier alpha value is -0.980. The summed E-state index contributed by atoms with van der Waals surface area (Å²) < 4.78 is 0. The molecular weight excluding hydrogens is 266 g/mol. The fourth-order valence-electron chi connectivity index (χ4n) is 1.20. The summed E-state index contributed by atoms with van der Waals surface area (Å²) in [6.45, 7) is 0. The van der Waals surface area contributed by atoms with Crippen molar-refractivity contribution in [3.05, 3.63) is 39.9 Å². The lowest BCUT2D eigenvalue weighted by molar-refractivity contribution is -0.386. The average molecular weight is 276 g/mol. The van der Waals surface area contributed by atoms with Gasteiger partial charge in [0.2, 0.25) is 0 Å². The van der Waals surface area contributed by atoms with E-state index in [0.29, 0.717) is 0 Å². The maximum absolute atomic E-state index is 10.6. The fraction of sp³-hybridized carbons (Fsp3) is 0.333. The highest BCUT2D eigenvalue weighted by molar-refractivity contribution is 9.09. The zero-order valence-electron chi connectivity index (χ0n) is 7.71. The predicted molar refractivity (Wildman–Crippen MR) is 57.9 cm³/mol. The minimum atomic E-state index is -1.26. The minimum Gasteiger partial charge on any atom is -0.389 e. The summed E-state index contributed by atoms with van der Waals surface area (Å²) >= 11 is 2.99. The van der Waals surface area contributed by atoms with Crippen LogP contribution in [0.4, 0.5) is 5.69 Å². The molecule has 0 saturated heterocycles. The number of alkyl halides is 1. The van der Waals surface area contributed by atoms with Crippen molar-refractivity contribution < 1.29 is 15.1 Å². The number of halogens is 1. The van der Waals surface area contributed by atoms with E-state index in [4.69, 9.17) is 0 Å². The van der Waals surface area contributed by atoms with E-state index in [2.05, 4.69) is 15.9 Å². The zero-order valence-corrected chi connectivity index (χ0v) is 9.29. The Bertz CT molecular complexity index is 358. The van der Waals surface area contributed by atoms with Gasteiger partial charge in [0.15, 0.2) is 0 Å². The molecule has 0 fully saturated rings. The molecule has 2 unspecified atom stereocenters. The monoisotopic (exact) mass is 275 g/mol. The van der Waals surface area contributed by atoms with Gasteiger partial charge in [-0.25, -0.2) is 0 Å². The summed E-state index contributed by atoms with van der Waals surface area (Å²) in [5.41, 5.74) is -0.0700. The number of rotatable bonds is 4. The van der Waals surface area contributed by atoms with Gasteiger partial charge in [0.1, 0.15) is 6.10 Å². The largest absolute Gasteiger partial charge is 0.389 e. The van der Waals surface area contributed by atoms with Gasteiger partial charge in [-0.15, -0.1) is 0 Å². The van der Waals surface area contributed by atoms with E-state index in [1.54, 1.807) is 6.07 Å². The van der Waals surface area contributed by atoms with Gasteiger partial charge in [0.05, 0.1) is 16.6 Å². The van der Waals surface area contributed by atoms with Crippen LogP contribution >= 0.6 is 15.9 Å². The molecule has 1 aromatic carbocycles. The molecule has 0 aliphatic rings. The van der Waals surface area contributed by atoms with Crippen LogP contribution in [0.25, 0.3) is 0 Å². The molecule has 0 spiro atoms. The number of aliphatic hydroxyl groups excluding tert-OH is 2. The van der Waals surface area contributed by atoms with Crippen molar-refractivity contribution in [1.29, 1.82) is 0 Å². The Morgan fingerprint density at radius 3 is 2.53 bits per heavy atom. The molecule has 0 bridgehead atoms. The molecule has 0 aromatic heterocycles. The van der Waals surface area contributed by atoms with Crippen molar-refractivity contribution >= 4 is 21.6 Å². The lowest BCUT2D eigenvalue weighted by Crippen LogP contribution is -2.20. The summed E-state index contributed by atoms with van der Waals surface area (Å²) in [5.74, 6) is 0. The first kappa shape index (κ1) is 12.1. The first-order valence-electron chi connectivity index (χ1n) is 4.23. The number of aliphatic hydroxyl groups is 2. The van der Waals surface area contributed by atoms with Crippen LogP contribution in [0.15, 0.2) is 24.3 Å². The number of benzene rings is 1. The van der Waals surface area contributed by atoms with Crippen molar-refractivity contribution in [2.75, 3.05) is 5.33 Å². The van der Waals surface area contributed by atoms with Crippen LogP contribution in [-0.4, -0.2) is 26.6 Å². The number of hydrogen-bond donors (Lipinski definition) is 2. The summed E-state index contributed by atoms with van der Waals surface area (Å²) in [6, 6.07) is 5.80. The van der Waals surface area contributed by atoms with Crippen LogP contribution in [-0.2, 0) is 0 Å². The van der Waals surface area contributed by atoms with Gasteiger partial charge in [0, 0.05) is 11.4 Å². The SMILES string of the molecule is O=[N+]([O-])c1ccccc1C(O)C(O)CBr. The minimum absolute atomic E-state index is 0.120. The number of nitro benzene ring substituents is 1. The Morgan fingerprint density at radius 1 is 1.40 bits per heavy atom. The van der Waals surface area contributed by atoms with Crippen molar-refractivity contribution in [2.45, 2.75) is 12.2 Å². The molecule has 0 saturated carbocycles. The topological polar surface area (TPSA) is 83.6 Å². The summed E-state index contributed by atoms with van der Waals surface area (Å²) in [6.07, 6.45) is -2.32. The van der Waals surface area contributed by atoms with Gasteiger partial charge in [-0.05, 0) is 6.07 Å². The zero-order chi connectivity index (χ0) is 11.4. The molecule has 1 rings (SSSR count). The number of nitro groups is 1. The van der Waals surface area contributed by atoms with E-state index in [-0.39, 0.29) is 16.6 Å². The molecule has 5 nitrogen and oxygen atoms in total. The van der Waals surface area contributed by atoms with E-state index in [0.717, 1.165) is 0 Å². The van der Waals surface area contributed by atoms with E-state index in [9.17, 15) is 20.3 Å². The molecule has 0 aliphatic carbocycles. The molecule has 2 N–H and O–H groups in total. The van der Waals surface area contributed by atoms with E-state index in [1.807, 2.05) is 0 Å². The van der Waals surface area contributed by atoms with Gasteiger partial charge >= 0.3 is 0 Å². The molecule has 0 aliphatic heterocycles. The van der Waals surface area contributed by atoms with Crippen LogP contribution < -0.4 is 0 Å². The van der Waals surface area contributed by atoms with Crippen molar-refractivity contribution in [1.82, 2.24) is 0 Å². The third kappa shape index (κ3) is 2.74. The Kier molecular flexibility index (Phi) is 4.19. The Morgan fingerprint density at radius 2 is 2.00 bits per heavy atom. The first-order chi connectivity index (χ1) is 7.07. The van der Waals surface area contributed by atoms with E-state index in [1.165, 1.54) is 18.2 Å². The molecule has 0 radical (unpaired) electrons. The number of nitrogens with zero attached hydrogens (tertiary/aromatic N) is 1. The molecule has 6 heteroatoms. The van der Waals surface area contributed by atoms with Crippen molar-refractivity contribution in [3.63, 3.8) is 0 Å². The number of hydrogen-bond acceptors (Lipinski definition) is 4. The first-order valence-corrected chi connectivity index (χ1v) is 5.35. The van der Waals surface area contributed by atoms with E-state index < -0.39 is 17.1 Å². The van der Waals surface area contributed by atoms with Crippen LogP contribution in [0.1, 0.15) is 11.7 Å². The maximum Gasteiger partial charge on any atom is 0.275 e. The Balaban J connectivity index is 3.07. The van der Waals surface area contributed by atoms with Crippen molar-refractivity contribution in [2.24, 2.45) is 0 Å². The van der Waals surface area contributed by atoms with Gasteiger partial charge < -0.3 is 10.2 Å². The molecule has 15 heavy (non-hydrogen) atoms. The second kappa shape index (κ2) is 5.20. The molecule has 2 atom stereocenters. The van der Waals surface area contributed by atoms with Crippen molar-refractivity contribution in [3.8, 4) is 0 Å². The maximum atomic E-state index is 10.6. The number of para-hydroxylation sites is 1. The van der Waals surface area contributed by atoms with Gasteiger partial charge in [-0.1, -0.05) is 28.1 Å².